The van der Waals surface area contributed by atoms with Gasteiger partial charge in [0, 0.05) is 12.3 Å². The number of halogens is 1. The van der Waals surface area contributed by atoms with Crippen molar-refractivity contribution in [2.24, 2.45) is 0 Å². The summed E-state index contributed by atoms with van der Waals surface area (Å²) >= 11 is 4.13. The predicted octanol–water partition coefficient (Wildman–Crippen LogP) is 1.53. The Morgan fingerprint density at radius 3 is 2.73 bits per heavy atom. The van der Waals surface area contributed by atoms with Crippen molar-refractivity contribution in [3.05, 3.63) is 20.2 Å². The molecule has 0 saturated carbocycles. The Morgan fingerprint density at radius 1 is 1.73 bits per heavy atom. The van der Waals surface area contributed by atoms with Crippen molar-refractivity contribution in [1.29, 1.82) is 0 Å². The molecule has 1 rings (SSSR count). The third-order valence-corrected chi connectivity index (χ3v) is 2.76. The molecule has 0 aliphatic carbocycles. The number of carbonyl (C=O) groups is 1. The maximum atomic E-state index is 10.9. The van der Waals surface area contributed by atoms with Crippen LogP contribution < -0.4 is 4.87 Å². The van der Waals surface area contributed by atoms with E-state index in [0.29, 0.717) is 15.9 Å². The molecule has 1 aromatic rings. The van der Waals surface area contributed by atoms with Crippen LogP contribution in [-0.4, -0.2) is 10.8 Å². The average molecular weight is 236 g/mol. The molecule has 5 heteroatoms. The van der Waals surface area contributed by atoms with E-state index in [-0.39, 0.29) is 10.7 Å². The van der Waals surface area contributed by atoms with E-state index in [4.69, 9.17) is 0 Å². The number of ketones is 1. The molecule has 0 atom stereocenters. The summed E-state index contributed by atoms with van der Waals surface area (Å²) in [6.07, 6.45) is 0. The Kier molecular flexibility index (Phi) is 2.62. The van der Waals surface area contributed by atoms with Crippen LogP contribution in [0, 0.1) is 0 Å². The second-order valence-electron chi connectivity index (χ2n) is 2.01. The standard InChI is InChI=1S/C6H6BrNO2S/c1-3(9)5-4(2-7)8-6(10)11-5/h2H2,1H3,(H,8,10). The summed E-state index contributed by atoms with van der Waals surface area (Å²) in [7, 11) is 0. The van der Waals surface area contributed by atoms with Gasteiger partial charge in [0.15, 0.2) is 5.78 Å². The lowest BCUT2D eigenvalue weighted by atomic mass is 10.3. The summed E-state index contributed by atoms with van der Waals surface area (Å²) in [5, 5.41) is 0.515. The van der Waals surface area contributed by atoms with Crippen molar-refractivity contribution in [3.8, 4) is 0 Å². The molecule has 60 valence electrons. The molecule has 0 aliphatic heterocycles. The van der Waals surface area contributed by atoms with Gasteiger partial charge in [-0.3, -0.25) is 9.59 Å². The van der Waals surface area contributed by atoms with Crippen LogP contribution in [0.25, 0.3) is 0 Å². The zero-order chi connectivity index (χ0) is 8.43. The molecule has 1 heterocycles. The Bertz CT molecular complexity index is 328. The van der Waals surface area contributed by atoms with Gasteiger partial charge in [-0.15, -0.1) is 0 Å². The van der Waals surface area contributed by atoms with Crippen LogP contribution in [0.1, 0.15) is 22.3 Å². The van der Waals surface area contributed by atoms with Gasteiger partial charge in [-0.25, -0.2) is 0 Å². The van der Waals surface area contributed by atoms with E-state index in [0.717, 1.165) is 11.3 Å². The van der Waals surface area contributed by atoms with E-state index < -0.39 is 0 Å². The minimum absolute atomic E-state index is 0.0669. The largest absolute Gasteiger partial charge is 0.315 e. The van der Waals surface area contributed by atoms with Gasteiger partial charge >= 0.3 is 4.87 Å². The number of carbonyl (C=O) groups excluding carboxylic acids is 1. The first-order valence-corrected chi connectivity index (χ1v) is 4.88. The SMILES string of the molecule is CC(=O)c1sc(=O)[nH]c1CBr. The number of aromatic nitrogens is 1. The van der Waals surface area contributed by atoms with Gasteiger partial charge in [-0.1, -0.05) is 27.3 Å². The van der Waals surface area contributed by atoms with Crippen LogP contribution in [0.15, 0.2) is 4.79 Å². The lowest BCUT2D eigenvalue weighted by Crippen LogP contribution is -1.94. The lowest BCUT2D eigenvalue weighted by molar-refractivity contribution is 0.102. The van der Waals surface area contributed by atoms with Crippen molar-refractivity contribution in [1.82, 2.24) is 4.98 Å². The fourth-order valence-electron chi connectivity index (χ4n) is 0.738. The molecule has 0 aliphatic rings. The summed E-state index contributed by atoms with van der Waals surface area (Å²) in [5.41, 5.74) is 0.674. The predicted molar refractivity (Wildman–Crippen MR) is 47.6 cm³/mol. The molecule has 0 fully saturated rings. The fraction of sp³-hybridized carbons (Fsp3) is 0.333. The second-order valence-corrected chi connectivity index (χ2v) is 3.56. The zero-order valence-corrected chi connectivity index (χ0v) is 8.21. The Hall–Kier alpha value is -0.420. The molecular formula is C6H6BrNO2S. The molecule has 1 N–H and O–H groups in total. The quantitative estimate of drug-likeness (QED) is 0.625. The van der Waals surface area contributed by atoms with Gasteiger partial charge < -0.3 is 4.98 Å². The fourth-order valence-corrected chi connectivity index (χ4v) is 2.09. The summed E-state index contributed by atoms with van der Waals surface area (Å²) < 4.78 is 0. The van der Waals surface area contributed by atoms with Gasteiger partial charge in [-0.05, 0) is 0 Å². The van der Waals surface area contributed by atoms with Crippen LogP contribution in [-0.2, 0) is 5.33 Å². The molecule has 0 spiro atoms. The summed E-state index contributed by atoms with van der Waals surface area (Å²) in [5.74, 6) is -0.0669. The highest BCUT2D eigenvalue weighted by atomic mass is 79.9. The number of nitrogens with one attached hydrogen (secondary N) is 1. The monoisotopic (exact) mass is 235 g/mol. The Balaban J connectivity index is 3.23. The topological polar surface area (TPSA) is 49.9 Å². The minimum Gasteiger partial charge on any atom is -0.315 e. The number of Topliss-reactive ketones (excluding diaryl/α,β-unsaturated/α-hetero) is 1. The van der Waals surface area contributed by atoms with E-state index >= 15 is 0 Å². The maximum Gasteiger partial charge on any atom is 0.305 e. The van der Waals surface area contributed by atoms with Crippen molar-refractivity contribution in [3.63, 3.8) is 0 Å². The van der Waals surface area contributed by atoms with Gasteiger partial charge in [0.25, 0.3) is 0 Å². The van der Waals surface area contributed by atoms with Crippen molar-refractivity contribution < 1.29 is 4.79 Å². The van der Waals surface area contributed by atoms with Crippen LogP contribution >= 0.6 is 27.3 Å². The molecule has 0 unspecified atom stereocenters. The third kappa shape index (κ3) is 1.78. The van der Waals surface area contributed by atoms with E-state index in [1.54, 1.807) is 0 Å². The van der Waals surface area contributed by atoms with Gasteiger partial charge in [0.05, 0.1) is 10.6 Å². The Morgan fingerprint density at radius 2 is 2.36 bits per heavy atom. The summed E-state index contributed by atoms with van der Waals surface area (Å²) in [6, 6.07) is 0. The lowest BCUT2D eigenvalue weighted by Gasteiger charge is -1.90. The highest BCUT2D eigenvalue weighted by molar-refractivity contribution is 9.08. The van der Waals surface area contributed by atoms with Crippen LogP contribution in [0.5, 0.6) is 0 Å². The number of hydrogen-bond donors (Lipinski definition) is 1. The van der Waals surface area contributed by atoms with Crippen molar-refractivity contribution in [2.45, 2.75) is 12.3 Å². The van der Waals surface area contributed by atoms with Crippen LogP contribution in [0.2, 0.25) is 0 Å². The zero-order valence-electron chi connectivity index (χ0n) is 5.81. The van der Waals surface area contributed by atoms with E-state index in [1.165, 1.54) is 6.92 Å². The Labute approximate surface area is 75.6 Å². The molecule has 0 aromatic carbocycles. The number of rotatable bonds is 2. The van der Waals surface area contributed by atoms with Crippen molar-refractivity contribution in [2.75, 3.05) is 0 Å². The number of H-pyrrole nitrogens is 1. The number of alkyl halides is 1. The molecule has 1 aromatic heterocycles. The molecule has 11 heavy (non-hydrogen) atoms. The maximum absolute atomic E-state index is 10.9. The average Bonchev–Trinajstić information content (AvgIpc) is 2.30. The molecule has 0 radical (unpaired) electrons. The first-order valence-electron chi connectivity index (χ1n) is 2.94. The molecule has 3 nitrogen and oxygen atoms in total. The highest BCUT2D eigenvalue weighted by Crippen LogP contribution is 2.12. The van der Waals surface area contributed by atoms with Gasteiger partial charge in [0.1, 0.15) is 0 Å². The van der Waals surface area contributed by atoms with Gasteiger partial charge in [-0.2, -0.15) is 0 Å². The van der Waals surface area contributed by atoms with Gasteiger partial charge in [0.2, 0.25) is 0 Å². The smallest absolute Gasteiger partial charge is 0.305 e. The first kappa shape index (κ1) is 8.67. The minimum atomic E-state index is -0.176. The normalized spacial score (nSPS) is 10.0. The second kappa shape index (κ2) is 3.32. The summed E-state index contributed by atoms with van der Waals surface area (Å²) in [6.45, 7) is 1.45. The van der Waals surface area contributed by atoms with E-state index in [1.807, 2.05) is 0 Å². The summed E-state index contributed by atoms with van der Waals surface area (Å²) in [4.78, 5) is 24.5. The molecular weight excluding hydrogens is 230 g/mol. The molecule has 0 amide bonds. The molecule has 0 bridgehead atoms. The number of aromatic amines is 1. The van der Waals surface area contributed by atoms with Crippen LogP contribution in [0.3, 0.4) is 0 Å². The highest BCUT2D eigenvalue weighted by Gasteiger charge is 2.09. The van der Waals surface area contributed by atoms with Crippen LogP contribution in [0.4, 0.5) is 0 Å². The van der Waals surface area contributed by atoms with E-state index in [9.17, 15) is 9.59 Å². The van der Waals surface area contributed by atoms with E-state index in [2.05, 4.69) is 20.9 Å². The number of thiazole rings is 1. The third-order valence-electron chi connectivity index (χ3n) is 1.18. The first-order chi connectivity index (χ1) is 5.15. The van der Waals surface area contributed by atoms with Crippen molar-refractivity contribution >= 4 is 33.0 Å². The number of hydrogen-bond acceptors (Lipinski definition) is 3. The molecule has 0 saturated heterocycles.